The van der Waals surface area contributed by atoms with Crippen molar-refractivity contribution in [2.45, 2.75) is 124 Å². The molecule has 4 aromatic rings. The molecule has 0 spiro atoms. The van der Waals surface area contributed by atoms with E-state index in [4.69, 9.17) is 27.1 Å². The van der Waals surface area contributed by atoms with Crippen LogP contribution in [0.5, 0.6) is 23.0 Å². The lowest BCUT2D eigenvalue weighted by molar-refractivity contribution is 0.257. The van der Waals surface area contributed by atoms with Crippen molar-refractivity contribution in [1.29, 1.82) is 0 Å². The Hall–Kier alpha value is -3.14. The van der Waals surface area contributed by atoms with Crippen molar-refractivity contribution in [3.63, 3.8) is 0 Å². The van der Waals surface area contributed by atoms with E-state index in [0.717, 1.165) is 41.8 Å². The van der Waals surface area contributed by atoms with Crippen molar-refractivity contribution in [3.05, 3.63) is 121 Å². The van der Waals surface area contributed by atoms with Crippen LogP contribution in [0, 0.1) is 5.92 Å². The number of benzene rings is 4. The summed E-state index contributed by atoms with van der Waals surface area (Å²) in [6, 6.07) is 38.8. The Morgan fingerprint density at radius 2 is 0.648 bits per heavy atom. The third-order valence-corrected chi connectivity index (χ3v) is 10.7. The SMILES string of the molecule is CC(C)CCCCCCCOP(Oc1ccccc1)Oc1ccccc1.CCCCCCCCCCCCOP(Oc1ccccc1)Oc1ccccc1. The molecule has 296 valence electrons. The highest BCUT2D eigenvalue weighted by molar-refractivity contribution is 7.42. The van der Waals surface area contributed by atoms with Crippen molar-refractivity contribution in [2.24, 2.45) is 5.92 Å². The monoisotopic (exact) mass is 776 g/mol. The molecule has 8 heteroatoms. The second kappa shape index (κ2) is 31.1. The molecule has 0 fully saturated rings. The molecule has 0 unspecified atom stereocenters. The molecule has 0 amide bonds. The third kappa shape index (κ3) is 23.6. The van der Waals surface area contributed by atoms with Crippen LogP contribution in [0.3, 0.4) is 0 Å². The fourth-order valence-corrected chi connectivity index (χ4v) is 7.48. The van der Waals surface area contributed by atoms with Gasteiger partial charge in [-0.05, 0) is 67.3 Å². The Bertz CT molecular complexity index is 1300. The lowest BCUT2D eigenvalue weighted by Gasteiger charge is -2.17. The quantitative estimate of drug-likeness (QED) is 0.0404. The summed E-state index contributed by atoms with van der Waals surface area (Å²) < 4.78 is 35.5. The lowest BCUT2D eigenvalue weighted by atomic mass is 10.0. The van der Waals surface area contributed by atoms with Crippen LogP contribution in [0.15, 0.2) is 121 Å². The molecule has 54 heavy (non-hydrogen) atoms. The zero-order valence-electron chi connectivity index (χ0n) is 33.2. The first-order valence-corrected chi connectivity index (χ1v) is 22.6. The fraction of sp³-hybridized carbons (Fsp3) is 0.478. The zero-order chi connectivity index (χ0) is 38.2. The van der Waals surface area contributed by atoms with Gasteiger partial charge in [0, 0.05) is 0 Å². The van der Waals surface area contributed by atoms with Gasteiger partial charge in [-0.15, -0.1) is 0 Å². The van der Waals surface area contributed by atoms with Gasteiger partial charge in [0.25, 0.3) is 0 Å². The zero-order valence-corrected chi connectivity index (χ0v) is 35.0. The van der Waals surface area contributed by atoms with Crippen LogP contribution in [0.4, 0.5) is 0 Å². The van der Waals surface area contributed by atoms with Gasteiger partial charge in [-0.2, -0.15) is 0 Å². The highest BCUT2D eigenvalue weighted by Crippen LogP contribution is 2.42. The normalized spacial score (nSPS) is 11.0. The lowest BCUT2D eigenvalue weighted by Crippen LogP contribution is -2.01. The van der Waals surface area contributed by atoms with E-state index < -0.39 is 17.2 Å². The number of hydrogen-bond acceptors (Lipinski definition) is 6. The summed E-state index contributed by atoms with van der Waals surface area (Å²) in [5.74, 6) is 3.89. The minimum atomic E-state index is -1.45. The largest absolute Gasteiger partial charge is 0.463 e. The summed E-state index contributed by atoms with van der Waals surface area (Å²) in [6.45, 7) is 8.17. The average molecular weight is 777 g/mol. The Labute approximate surface area is 330 Å². The van der Waals surface area contributed by atoms with Crippen LogP contribution in [-0.4, -0.2) is 13.2 Å². The Balaban J connectivity index is 0.000000291. The van der Waals surface area contributed by atoms with Crippen LogP contribution < -0.4 is 18.1 Å². The van der Waals surface area contributed by atoms with E-state index in [-0.39, 0.29) is 0 Å². The van der Waals surface area contributed by atoms with Gasteiger partial charge < -0.3 is 18.1 Å². The first-order valence-electron chi connectivity index (χ1n) is 20.4. The molecule has 0 heterocycles. The van der Waals surface area contributed by atoms with E-state index in [2.05, 4.69) is 20.8 Å². The first kappa shape index (κ1) is 45.3. The Morgan fingerprint density at radius 3 is 0.944 bits per heavy atom. The molecule has 6 nitrogen and oxygen atoms in total. The number of para-hydroxylation sites is 4. The summed E-state index contributed by atoms with van der Waals surface area (Å²) in [4.78, 5) is 0. The second-order valence-electron chi connectivity index (χ2n) is 13.9. The molecule has 4 rings (SSSR count). The molecule has 0 saturated carbocycles. The van der Waals surface area contributed by atoms with Gasteiger partial charge in [0.05, 0.1) is 13.2 Å². The van der Waals surface area contributed by atoms with Crippen LogP contribution in [0.2, 0.25) is 0 Å². The molecule has 0 aliphatic rings. The summed E-state index contributed by atoms with van der Waals surface area (Å²) >= 11 is 0. The number of unbranched alkanes of at least 4 members (excludes halogenated alkanes) is 13. The van der Waals surface area contributed by atoms with Gasteiger partial charge in [-0.1, -0.05) is 183 Å². The van der Waals surface area contributed by atoms with E-state index in [0.29, 0.717) is 13.2 Å². The van der Waals surface area contributed by atoms with Gasteiger partial charge in [0.1, 0.15) is 23.0 Å². The van der Waals surface area contributed by atoms with Gasteiger partial charge in [-0.25, -0.2) is 0 Å². The number of hydrogen-bond donors (Lipinski definition) is 0. The fourth-order valence-electron chi connectivity index (χ4n) is 5.47. The topological polar surface area (TPSA) is 55.4 Å². The molecule has 0 aliphatic heterocycles. The third-order valence-electron chi connectivity index (χ3n) is 8.51. The molecule has 4 aromatic carbocycles. The first-order chi connectivity index (χ1) is 26.6. The van der Waals surface area contributed by atoms with Gasteiger partial charge in [-0.3, -0.25) is 9.05 Å². The highest BCUT2D eigenvalue weighted by atomic mass is 31.2. The molecule has 0 aromatic heterocycles. The molecule has 0 saturated heterocycles. The Kier molecular flexibility index (Phi) is 26.1. The Morgan fingerprint density at radius 1 is 0.370 bits per heavy atom. The maximum atomic E-state index is 5.94. The van der Waals surface area contributed by atoms with Gasteiger partial charge >= 0.3 is 17.2 Å². The molecule has 0 N–H and O–H groups in total. The molecule has 0 atom stereocenters. The van der Waals surface area contributed by atoms with Crippen molar-refractivity contribution >= 4 is 17.2 Å². The molecule has 0 aliphatic carbocycles. The summed E-state index contributed by atoms with van der Waals surface area (Å²) in [7, 11) is -2.90. The van der Waals surface area contributed by atoms with Crippen LogP contribution in [0.1, 0.15) is 124 Å². The summed E-state index contributed by atoms with van der Waals surface area (Å²) in [5.41, 5.74) is 0. The highest BCUT2D eigenvalue weighted by Gasteiger charge is 2.18. The van der Waals surface area contributed by atoms with Crippen molar-refractivity contribution in [3.8, 4) is 23.0 Å². The average Bonchev–Trinajstić information content (AvgIpc) is 3.19. The van der Waals surface area contributed by atoms with Crippen LogP contribution >= 0.6 is 17.2 Å². The van der Waals surface area contributed by atoms with Gasteiger partial charge in [0.15, 0.2) is 0 Å². The molecule has 0 bridgehead atoms. The van der Waals surface area contributed by atoms with E-state index in [9.17, 15) is 0 Å². The van der Waals surface area contributed by atoms with Crippen LogP contribution in [0.25, 0.3) is 0 Å². The minimum absolute atomic E-state index is 0.662. The van der Waals surface area contributed by atoms with E-state index in [1.807, 2.05) is 121 Å². The van der Waals surface area contributed by atoms with Gasteiger partial charge in [0.2, 0.25) is 0 Å². The standard InChI is InChI=1S/C24H35O3P.C22H31O3P/c1-2-3-4-5-6-7-8-9-10-17-22-25-28(26-23-18-13-11-14-19-23)27-24-20-15-12-16-21-24;1-20(2)14-8-4-3-5-13-19-23-26(24-21-15-9-6-10-16-21)25-22-17-11-7-12-18-22/h11-16,18-21H,2-10,17,22H2,1H3;6-7,9-12,15-18,20H,3-5,8,13-14,19H2,1-2H3. The molecular formula is C46H66O6P2. The summed E-state index contributed by atoms with van der Waals surface area (Å²) in [6.07, 6.45) is 20.6. The predicted octanol–water partition coefficient (Wildman–Crippen LogP) is 15.7. The van der Waals surface area contributed by atoms with Crippen molar-refractivity contribution in [2.75, 3.05) is 13.2 Å². The predicted molar refractivity (Wildman–Crippen MR) is 228 cm³/mol. The van der Waals surface area contributed by atoms with Crippen molar-refractivity contribution < 1.29 is 27.1 Å². The molecule has 0 radical (unpaired) electrons. The minimum Gasteiger partial charge on any atom is -0.418 e. The summed E-state index contributed by atoms with van der Waals surface area (Å²) in [5, 5.41) is 0. The maximum Gasteiger partial charge on any atom is 0.463 e. The van der Waals surface area contributed by atoms with Crippen molar-refractivity contribution in [1.82, 2.24) is 0 Å². The smallest absolute Gasteiger partial charge is 0.418 e. The van der Waals surface area contributed by atoms with E-state index >= 15 is 0 Å². The second-order valence-corrected chi connectivity index (χ2v) is 16.0. The van der Waals surface area contributed by atoms with E-state index in [1.54, 1.807) is 0 Å². The van der Waals surface area contributed by atoms with E-state index in [1.165, 1.54) is 89.9 Å². The van der Waals surface area contributed by atoms with Crippen LogP contribution in [-0.2, 0) is 9.05 Å². The molecular weight excluding hydrogens is 710 g/mol. The number of rotatable bonds is 29. The maximum absolute atomic E-state index is 5.94.